The molecule has 2 heterocycles. The number of aromatic nitrogens is 2. The molecule has 0 saturated carbocycles. The van der Waals surface area contributed by atoms with Gasteiger partial charge >= 0.3 is 0 Å². The predicted octanol–water partition coefficient (Wildman–Crippen LogP) is 4.69. The van der Waals surface area contributed by atoms with E-state index in [1.165, 1.54) is 0 Å². The molecule has 1 aliphatic heterocycles. The van der Waals surface area contributed by atoms with Gasteiger partial charge in [0.2, 0.25) is 0 Å². The van der Waals surface area contributed by atoms with Crippen molar-refractivity contribution in [2.45, 2.75) is 6.54 Å². The molecule has 0 unspecified atom stereocenters. The van der Waals surface area contributed by atoms with Gasteiger partial charge < -0.3 is 15.0 Å². The van der Waals surface area contributed by atoms with Crippen LogP contribution < -0.4 is 10.2 Å². The third-order valence-electron chi connectivity index (χ3n) is 5.84. The Bertz CT molecular complexity index is 1200. The summed E-state index contributed by atoms with van der Waals surface area (Å²) >= 11 is 0. The highest BCUT2D eigenvalue weighted by Crippen LogP contribution is 2.26. The van der Waals surface area contributed by atoms with Crippen LogP contribution in [0.25, 0.3) is 11.1 Å². The minimum absolute atomic E-state index is 0.120. The lowest BCUT2D eigenvalue weighted by Crippen LogP contribution is -2.36. The first kappa shape index (κ1) is 21.0. The number of carbonyl (C=O) groups excluding carboxylic acids is 1. The standard InChI is InChI=1S/C27H26N4O2/c32-27(29-23-10-12-24(13-11-23)30-16-18-33-19-17-30)26-5-2-1-4-25(26)22-8-6-21(7-9-22)20-31-15-3-14-28-31/h1-15H,16-20H2,(H,29,32). The average molecular weight is 439 g/mol. The maximum absolute atomic E-state index is 13.1. The summed E-state index contributed by atoms with van der Waals surface area (Å²) in [5, 5.41) is 7.30. The third-order valence-corrected chi connectivity index (χ3v) is 5.84. The van der Waals surface area contributed by atoms with Crippen LogP contribution in [-0.4, -0.2) is 42.0 Å². The molecule has 6 heteroatoms. The predicted molar refractivity (Wildman–Crippen MR) is 131 cm³/mol. The van der Waals surface area contributed by atoms with E-state index in [0.717, 1.165) is 60.9 Å². The van der Waals surface area contributed by atoms with Crippen LogP contribution in [0.1, 0.15) is 15.9 Å². The summed E-state index contributed by atoms with van der Waals surface area (Å²) in [6, 6.07) is 25.9. The van der Waals surface area contributed by atoms with Crippen molar-refractivity contribution in [1.29, 1.82) is 0 Å². The number of nitrogens with zero attached hydrogens (tertiary/aromatic N) is 3. The minimum Gasteiger partial charge on any atom is -0.378 e. The molecular formula is C27H26N4O2. The van der Waals surface area contributed by atoms with Crippen LogP contribution in [0.4, 0.5) is 11.4 Å². The lowest BCUT2D eigenvalue weighted by atomic mass is 9.98. The SMILES string of the molecule is O=C(Nc1ccc(N2CCOCC2)cc1)c1ccccc1-c1ccc(Cn2cccn2)cc1. The zero-order chi connectivity index (χ0) is 22.5. The van der Waals surface area contributed by atoms with Gasteiger partial charge in [0.1, 0.15) is 0 Å². The fourth-order valence-electron chi connectivity index (χ4n) is 4.08. The van der Waals surface area contributed by atoms with E-state index in [0.29, 0.717) is 5.56 Å². The van der Waals surface area contributed by atoms with Gasteiger partial charge in [-0.2, -0.15) is 5.10 Å². The topological polar surface area (TPSA) is 59.4 Å². The normalized spacial score (nSPS) is 13.6. The van der Waals surface area contributed by atoms with Gasteiger partial charge in [-0.25, -0.2) is 0 Å². The summed E-state index contributed by atoms with van der Waals surface area (Å²) < 4.78 is 7.31. The van der Waals surface area contributed by atoms with Gasteiger partial charge in [-0.1, -0.05) is 42.5 Å². The molecule has 33 heavy (non-hydrogen) atoms. The molecule has 3 aromatic carbocycles. The van der Waals surface area contributed by atoms with Crippen molar-refractivity contribution in [3.63, 3.8) is 0 Å². The van der Waals surface area contributed by atoms with Gasteiger partial charge in [-0.05, 0) is 53.1 Å². The molecule has 0 radical (unpaired) electrons. The van der Waals surface area contributed by atoms with Crippen LogP contribution in [0.3, 0.4) is 0 Å². The van der Waals surface area contributed by atoms with Crippen molar-refractivity contribution in [3.8, 4) is 11.1 Å². The second-order valence-electron chi connectivity index (χ2n) is 8.05. The van der Waals surface area contributed by atoms with Gasteiger partial charge in [-0.15, -0.1) is 0 Å². The molecule has 4 aromatic rings. The third kappa shape index (κ3) is 4.96. The Morgan fingerprint density at radius 3 is 2.39 bits per heavy atom. The number of hydrogen-bond acceptors (Lipinski definition) is 4. The summed E-state index contributed by atoms with van der Waals surface area (Å²) in [7, 11) is 0. The molecule has 1 aliphatic rings. The second kappa shape index (κ2) is 9.71. The fourth-order valence-corrected chi connectivity index (χ4v) is 4.08. The largest absolute Gasteiger partial charge is 0.378 e. The fraction of sp³-hybridized carbons (Fsp3) is 0.185. The van der Waals surface area contributed by atoms with Crippen LogP contribution >= 0.6 is 0 Å². The van der Waals surface area contributed by atoms with Crippen LogP contribution in [0, 0.1) is 0 Å². The number of anilines is 2. The Morgan fingerprint density at radius 2 is 1.67 bits per heavy atom. The number of rotatable bonds is 6. The van der Waals surface area contributed by atoms with E-state index in [-0.39, 0.29) is 5.91 Å². The first-order chi connectivity index (χ1) is 16.3. The van der Waals surface area contributed by atoms with E-state index in [2.05, 4.69) is 39.6 Å². The highest BCUT2D eigenvalue weighted by molar-refractivity contribution is 6.08. The monoisotopic (exact) mass is 438 g/mol. The molecule has 0 aliphatic carbocycles. The van der Waals surface area contributed by atoms with Crippen LogP contribution in [0.5, 0.6) is 0 Å². The number of benzene rings is 3. The quantitative estimate of drug-likeness (QED) is 0.475. The Balaban J connectivity index is 1.30. The maximum Gasteiger partial charge on any atom is 0.256 e. The van der Waals surface area contributed by atoms with Gasteiger partial charge in [0, 0.05) is 42.4 Å². The molecule has 1 aromatic heterocycles. The summed E-state index contributed by atoms with van der Waals surface area (Å²) in [5.41, 5.74) is 5.64. The van der Waals surface area contributed by atoms with Crippen LogP contribution in [0.2, 0.25) is 0 Å². The maximum atomic E-state index is 13.1. The van der Waals surface area contributed by atoms with Crippen molar-refractivity contribution in [3.05, 3.63) is 102 Å². The lowest BCUT2D eigenvalue weighted by Gasteiger charge is -2.28. The summed E-state index contributed by atoms with van der Waals surface area (Å²) in [6.07, 6.45) is 3.72. The Hall–Kier alpha value is -3.90. The molecule has 1 saturated heterocycles. The van der Waals surface area contributed by atoms with E-state index < -0.39 is 0 Å². The van der Waals surface area contributed by atoms with Gasteiger partial charge in [0.25, 0.3) is 5.91 Å². The molecular weight excluding hydrogens is 412 g/mol. The molecule has 1 N–H and O–H groups in total. The Morgan fingerprint density at radius 1 is 0.909 bits per heavy atom. The number of nitrogens with one attached hydrogen (secondary N) is 1. The van der Waals surface area contributed by atoms with E-state index in [4.69, 9.17) is 4.74 Å². The zero-order valence-corrected chi connectivity index (χ0v) is 18.4. The number of ether oxygens (including phenoxy) is 1. The van der Waals surface area contributed by atoms with Crippen LogP contribution in [0.15, 0.2) is 91.3 Å². The smallest absolute Gasteiger partial charge is 0.256 e. The molecule has 0 atom stereocenters. The van der Waals surface area contributed by atoms with Gasteiger partial charge in [0.15, 0.2) is 0 Å². The molecule has 0 bridgehead atoms. The number of amides is 1. The zero-order valence-electron chi connectivity index (χ0n) is 18.4. The first-order valence-electron chi connectivity index (χ1n) is 11.2. The summed E-state index contributed by atoms with van der Waals surface area (Å²) in [4.78, 5) is 15.4. The molecule has 1 amide bonds. The summed E-state index contributed by atoms with van der Waals surface area (Å²) in [5.74, 6) is -0.120. The number of morpholine rings is 1. The highest BCUT2D eigenvalue weighted by atomic mass is 16.5. The van der Waals surface area contributed by atoms with Crippen molar-refractivity contribution in [2.75, 3.05) is 36.5 Å². The molecule has 1 fully saturated rings. The molecule has 166 valence electrons. The van der Waals surface area contributed by atoms with Crippen molar-refractivity contribution in [2.24, 2.45) is 0 Å². The molecule has 6 nitrogen and oxygen atoms in total. The minimum atomic E-state index is -0.120. The molecule has 5 rings (SSSR count). The van der Waals surface area contributed by atoms with E-state index in [9.17, 15) is 4.79 Å². The van der Waals surface area contributed by atoms with E-state index in [1.807, 2.05) is 65.5 Å². The van der Waals surface area contributed by atoms with Gasteiger partial charge in [0.05, 0.1) is 19.8 Å². The van der Waals surface area contributed by atoms with Crippen molar-refractivity contribution in [1.82, 2.24) is 9.78 Å². The number of hydrogen-bond donors (Lipinski definition) is 1. The van der Waals surface area contributed by atoms with Gasteiger partial charge in [-0.3, -0.25) is 9.48 Å². The van der Waals surface area contributed by atoms with E-state index >= 15 is 0 Å². The highest BCUT2D eigenvalue weighted by Gasteiger charge is 2.14. The number of carbonyl (C=O) groups is 1. The van der Waals surface area contributed by atoms with E-state index in [1.54, 1.807) is 6.20 Å². The second-order valence-corrected chi connectivity index (χ2v) is 8.05. The lowest BCUT2D eigenvalue weighted by molar-refractivity contribution is 0.102. The Kier molecular flexibility index (Phi) is 6.17. The molecule has 0 spiro atoms. The average Bonchev–Trinajstić information content (AvgIpc) is 3.39. The Labute approximate surface area is 193 Å². The van der Waals surface area contributed by atoms with Crippen molar-refractivity contribution >= 4 is 17.3 Å². The summed E-state index contributed by atoms with van der Waals surface area (Å²) in [6.45, 7) is 3.99. The van der Waals surface area contributed by atoms with Crippen molar-refractivity contribution < 1.29 is 9.53 Å². The van der Waals surface area contributed by atoms with Crippen LogP contribution in [-0.2, 0) is 11.3 Å². The first-order valence-corrected chi connectivity index (χ1v) is 11.2.